The maximum Gasteiger partial charge on any atom is 0.246 e. The van der Waals surface area contributed by atoms with E-state index in [9.17, 15) is 16.8 Å². The molecule has 1 N–H and O–H groups in total. The molecule has 6 nitrogen and oxygen atoms in total. The Balaban J connectivity index is 1.72. The third-order valence-electron chi connectivity index (χ3n) is 4.69. The second-order valence-electron chi connectivity index (χ2n) is 6.21. The molecule has 134 valence electrons. The zero-order valence-corrected chi connectivity index (χ0v) is 16.1. The van der Waals surface area contributed by atoms with Gasteiger partial charge in [-0.25, -0.2) is 16.8 Å². The molecule has 0 unspecified atom stereocenters. The van der Waals surface area contributed by atoms with Crippen molar-refractivity contribution in [2.24, 2.45) is 0 Å². The van der Waals surface area contributed by atoms with Gasteiger partial charge in [-0.2, -0.15) is 4.31 Å². The lowest BCUT2D eigenvalue weighted by atomic mass is 10.2. The van der Waals surface area contributed by atoms with Gasteiger partial charge in [0.05, 0.1) is 42.0 Å². The van der Waals surface area contributed by atoms with E-state index in [-0.39, 0.29) is 32.5 Å². The van der Waals surface area contributed by atoms with E-state index in [4.69, 9.17) is 23.2 Å². The summed E-state index contributed by atoms with van der Waals surface area (Å²) in [5.41, 5.74) is 0. The van der Waals surface area contributed by atoms with Crippen molar-refractivity contribution in [3.63, 3.8) is 0 Å². The molecule has 0 amide bonds. The van der Waals surface area contributed by atoms with Crippen LogP contribution in [0.15, 0.2) is 23.1 Å². The largest absolute Gasteiger partial charge is 0.329 e. The standard InChI is InChI=1S/C14H18Cl2N2O4S2/c15-12-2-1-3-13(16)14(12)24(21,22)18-7-5-17(6-8-18)11-4-9-23(19,20)10-11/h1-3,11H,4-10H2/p+1/t11-/m1/s1. The highest BCUT2D eigenvalue weighted by Crippen LogP contribution is 2.31. The van der Waals surface area contributed by atoms with Gasteiger partial charge < -0.3 is 4.90 Å². The van der Waals surface area contributed by atoms with E-state index in [1.165, 1.54) is 16.4 Å². The van der Waals surface area contributed by atoms with E-state index in [0.717, 1.165) is 4.90 Å². The van der Waals surface area contributed by atoms with Crippen LogP contribution in [0.5, 0.6) is 0 Å². The van der Waals surface area contributed by atoms with E-state index in [1.54, 1.807) is 6.07 Å². The highest BCUT2D eigenvalue weighted by atomic mass is 35.5. The SMILES string of the molecule is O=S1(=O)CC[C@@H]([NH+]2CCN(S(=O)(=O)c3c(Cl)cccc3Cl)CC2)C1. The summed E-state index contributed by atoms with van der Waals surface area (Å²) < 4.78 is 50.2. The van der Waals surface area contributed by atoms with Crippen LogP contribution >= 0.6 is 23.2 Å². The van der Waals surface area contributed by atoms with Crippen LogP contribution in [0.4, 0.5) is 0 Å². The molecule has 0 radical (unpaired) electrons. The van der Waals surface area contributed by atoms with Crippen molar-refractivity contribution in [2.45, 2.75) is 17.4 Å². The Bertz CT molecular complexity index is 814. The molecule has 0 saturated carbocycles. The van der Waals surface area contributed by atoms with E-state index in [1.807, 2.05) is 0 Å². The van der Waals surface area contributed by atoms with Gasteiger partial charge in [-0.05, 0) is 12.1 Å². The third-order valence-corrected chi connectivity index (χ3v) is 9.31. The first-order valence-corrected chi connectivity index (χ1v) is 11.7. The summed E-state index contributed by atoms with van der Waals surface area (Å²) in [6.45, 7) is 1.83. The molecule has 0 spiro atoms. The molecule has 0 aliphatic carbocycles. The molecule has 2 aliphatic rings. The first-order chi connectivity index (χ1) is 11.2. The lowest BCUT2D eigenvalue weighted by molar-refractivity contribution is -0.925. The molecule has 2 fully saturated rings. The van der Waals surface area contributed by atoms with Gasteiger partial charge in [0.15, 0.2) is 9.84 Å². The number of sulfone groups is 1. The fourth-order valence-corrected chi connectivity index (χ4v) is 7.76. The molecule has 1 aromatic carbocycles. The minimum atomic E-state index is -3.76. The quantitative estimate of drug-likeness (QED) is 0.760. The van der Waals surface area contributed by atoms with Gasteiger partial charge in [0, 0.05) is 6.42 Å². The van der Waals surface area contributed by atoms with Crippen molar-refractivity contribution in [1.29, 1.82) is 0 Å². The Morgan fingerprint density at radius 2 is 1.71 bits per heavy atom. The predicted molar refractivity (Wildman–Crippen MR) is 93.0 cm³/mol. The molecule has 2 heterocycles. The van der Waals surface area contributed by atoms with Crippen LogP contribution < -0.4 is 4.90 Å². The highest BCUT2D eigenvalue weighted by Gasteiger charge is 2.39. The van der Waals surface area contributed by atoms with Gasteiger partial charge in [0.25, 0.3) is 0 Å². The minimum Gasteiger partial charge on any atom is -0.329 e. The average Bonchev–Trinajstić information content (AvgIpc) is 2.87. The first kappa shape index (κ1) is 18.4. The Morgan fingerprint density at radius 1 is 1.12 bits per heavy atom. The summed E-state index contributed by atoms with van der Waals surface area (Å²) in [6, 6.07) is 4.69. The lowest BCUT2D eigenvalue weighted by Crippen LogP contribution is -3.18. The van der Waals surface area contributed by atoms with Crippen LogP contribution in [0, 0.1) is 0 Å². The van der Waals surface area contributed by atoms with Crippen LogP contribution in [0.3, 0.4) is 0 Å². The molecular weight excluding hydrogens is 395 g/mol. The maximum atomic E-state index is 12.8. The summed E-state index contributed by atoms with van der Waals surface area (Å²) in [5, 5.41) is 0.221. The highest BCUT2D eigenvalue weighted by molar-refractivity contribution is 7.91. The van der Waals surface area contributed by atoms with Crippen molar-refractivity contribution in [3.8, 4) is 0 Å². The summed E-state index contributed by atoms with van der Waals surface area (Å²) >= 11 is 12.1. The Hall–Kier alpha value is -0.380. The van der Waals surface area contributed by atoms with Crippen molar-refractivity contribution < 1.29 is 21.7 Å². The number of nitrogens with one attached hydrogen (secondary N) is 1. The first-order valence-electron chi connectivity index (χ1n) is 7.70. The number of piperazine rings is 1. The number of nitrogens with zero attached hydrogens (tertiary/aromatic N) is 1. The van der Waals surface area contributed by atoms with Crippen molar-refractivity contribution in [1.82, 2.24) is 4.31 Å². The van der Waals surface area contributed by atoms with Gasteiger partial charge in [0.2, 0.25) is 10.0 Å². The van der Waals surface area contributed by atoms with Gasteiger partial charge in [-0.1, -0.05) is 29.3 Å². The molecule has 10 heteroatoms. The summed E-state index contributed by atoms with van der Waals surface area (Å²) in [7, 11) is -6.68. The van der Waals surface area contributed by atoms with E-state index < -0.39 is 19.9 Å². The number of quaternary nitrogens is 1. The number of hydrogen-bond donors (Lipinski definition) is 1. The Labute approximate surface area is 152 Å². The minimum absolute atomic E-state index is 0.0553. The molecule has 0 bridgehead atoms. The molecule has 1 aromatic rings. The molecule has 2 saturated heterocycles. The van der Waals surface area contributed by atoms with Gasteiger partial charge in [-0.3, -0.25) is 0 Å². The van der Waals surface area contributed by atoms with Crippen molar-refractivity contribution in [3.05, 3.63) is 28.2 Å². The molecule has 1 atom stereocenters. The lowest BCUT2D eigenvalue weighted by Gasteiger charge is -2.34. The van der Waals surface area contributed by atoms with Crippen molar-refractivity contribution >= 4 is 43.1 Å². The molecule has 24 heavy (non-hydrogen) atoms. The van der Waals surface area contributed by atoms with Gasteiger partial charge in [0.1, 0.15) is 16.7 Å². The van der Waals surface area contributed by atoms with Gasteiger partial charge in [-0.15, -0.1) is 0 Å². The normalized spacial score (nSPS) is 25.8. The zero-order chi connectivity index (χ0) is 17.5. The summed E-state index contributed by atoms with van der Waals surface area (Å²) in [4.78, 5) is 1.10. The number of halogens is 2. The maximum absolute atomic E-state index is 12.8. The third kappa shape index (κ3) is 3.59. The Kier molecular flexibility index (Phi) is 5.17. The van der Waals surface area contributed by atoms with Crippen LogP contribution in [-0.2, 0) is 19.9 Å². The monoisotopic (exact) mass is 413 g/mol. The average molecular weight is 414 g/mol. The summed E-state index contributed by atoms with van der Waals surface area (Å²) in [6.07, 6.45) is 0.654. The van der Waals surface area contributed by atoms with Crippen LogP contribution in [0.1, 0.15) is 6.42 Å². The van der Waals surface area contributed by atoms with Gasteiger partial charge >= 0.3 is 0 Å². The second kappa shape index (κ2) is 6.74. The summed E-state index contributed by atoms with van der Waals surface area (Å²) in [5.74, 6) is 0.434. The fraction of sp³-hybridized carbons (Fsp3) is 0.571. The predicted octanol–water partition coefficient (Wildman–Crippen LogP) is 0.0697. The fourth-order valence-electron chi connectivity index (χ4n) is 3.40. The number of sulfonamides is 1. The van der Waals surface area contributed by atoms with Crippen LogP contribution in [0.2, 0.25) is 10.0 Å². The molecule has 3 rings (SSSR count). The topological polar surface area (TPSA) is 76.0 Å². The van der Waals surface area contributed by atoms with Crippen LogP contribution in [-0.4, -0.2) is 64.9 Å². The number of rotatable bonds is 3. The molecular formula is C14H19Cl2N2O4S2+. The zero-order valence-electron chi connectivity index (χ0n) is 12.9. The molecule has 2 aliphatic heterocycles. The van der Waals surface area contributed by atoms with E-state index in [0.29, 0.717) is 32.6 Å². The number of benzene rings is 1. The second-order valence-corrected chi connectivity index (χ2v) is 11.1. The van der Waals surface area contributed by atoms with Crippen LogP contribution in [0.25, 0.3) is 0 Å². The Morgan fingerprint density at radius 3 is 2.21 bits per heavy atom. The molecule has 0 aromatic heterocycles. The number of hydrogen-bond acceptors (Lipinski definition) is 4. The smallest absolute Gasteiger partial charge is 0.246 e. The van der Waals surface area contributed by atoms with Crippen molar-refractivity contribution in [2.75, 3.05) is 37.7 Å². The van der Waals surface area contributed by atoms with E-state index >= 15 is 0 Å². The van der Waals surface area contributed by atoms with E-state index in [2.05, 4.69) is 0 Å².